The summed E-state index contributed by atoms with van der Waals surface area (Å²) in [6, 6.07) is 5.89. The minimum atomic E-state index is 0.249. The molecule has 1 heterocycles. The SMILES string of the molecule is COc1c(C=O)oc2ccc(C(C)C)cc12. The molecule has 2 rings (SSSR count). The normalized spacial score (nSPS) is 11.0. The van der Waals surface area contributed by atoms with Crippen molar-refractivity contribution in [3.05, 3.63) is 29.5 Å². The Kier molecular flexibility index (Phi) is 2.69. The van der Waals surface area contributed by atoms with E-state index in [0.717, 1.165) is 5.39 Å². The fourth-order valence-electron chi connectivity index (χ4n) is 1.76. The van der Waals surface area contributed by atoms with Crippen LogP contribution in [0.5, 0.6) is 5.75 Å². The van der Waals surface area contributed by atoms with Gasteiger partial charge in [0, 0.05) is 0 Å². The molecule has 0 unspecified atom stereocenters. The zero-order valence-corrected chi connectivity index (χ0v) is 9.61. The van der Waals surface area contributed by atoms with E-state index in [0.29, 0.717) is 23.5 Å². The molecule has 0 saturated heterocycles. The summed E-state index contributed by atoms with van der Waals surface area (Å²) in [5.41, 5.74) is 1.88. The van der Waals surface area contributed by atoms with Gasteiger partial charge in [0.25, 0.3) is 0 Å². The highest BCUT2D eigenvalue weighted by molar-refractivity contribution is 5.93. The molecule has 3 heteroatoms. The van der Waals surface area contributed by atoms with E-state index in [1.54, 1.807) is 7.11 Å². The Balaban J connectivity index is 2.70. The molecule has 0 radical (unpaired) electrons. The summed E-state index contributed by atoms with van der Waals surface area (Å²) in [6.45, 7) is 4.24. The van der Waals surface area contributed by atoms with Gasteiger partial charge in [-0.1, -0.05) is 19.9 Å². The van der Waals surface area contributed by atoms with Crippen LogP contribution in [0.4, 0.5) is 0 Å². The van der Waals surface area contributed by atoms with E-state index in [2.05, 4.69) is 13.8 Å². The Morgan fingerprint density at radius 2 is 2.12 bits per heavy atom. The predicted molar refractivity (Wildman–Crippen MR) is 62.2 cm³/mol. The summed E-state index contributed by atoms with van der Waals surface area (Å²) in [5, 5.41) is 0.857. The van der Waals surface area contributed by atoms with E-state index >= 15 is 0 Å². The third kappa shape index (κ3) is 1.58. The van der Waals surface area contributed by atoms with E-state index in [9.17, 15) is 4.79 Å². The molecule has 0 aliphatic carbocycles. The number of methoxy groups -OCH3 is 1. The van der Waals surface area contributed by atoms with E-state index in [1.807, 2.05) is 18.2 Å². The highest BCUT2D eigenvalue weighted by atomic mass is 16.5. The first-order chi connectivity index (χ1) is 7.67. The number of hydrogen-bond acceptors (Lipinski definition) is 3. The van der Waals surface area contributed by atoms with Gasteiger partial charge in [-0.25, -0.2) is 0 Å². The van der Waals surface area contributed by atoms with Crippen molar-refractivity contribution in [3.8, 4) is 5.75 Å². The Morgan fingerprint density at radius 3 is 2.69 bits per heavy atom. The van der Waals surface area contributed by atoms with Crippen LogP contribution < -0.4 is 4.74 Å². The summed E-state index contributed by atoms with van der Waals surface area (Å²) < 4.78 is 10.6. The third-order valence-corrected chi connectivity index (χ3v) is 2.67. The van der Waals surface area contributed by atoms with Crippen LogP contribution in [-0.4, -0.2) is 13.4 Å². The van der Waals surface area contributed by atoms with Crippen molar-refractivity contribution >= 4 is 17.3 Å². The maximum atomic E-state index is 10.8. The Morgan fingerprint density at radius 1 is 1.38 bits per heavy atom. The number of ether oxygens (including phenoxy) is 1. The van der Waals surface area contributed by atoms with Crippen molar-refractivity contribution in [2.75, 3.05) is 7.11 Å². The lowest BCUT2D eigenvalue weighted by Crippen LogP contribution is -1.88. The molecule has 0 aliphatic rings. The summed E-state index contributed by atoms with van der Waals surface area (Å²) in [6.07, 6.45) is 0.674. The number of benzene rings is 1. The fraction of sp³-hybridized carbons (Fsp3) is 0.308. The van der Waals surface area contributed by atoms with Gasteiger partial charge < -0.3 is 9.15 Å². The van der Waals surface area contributed by atoms with Gasteiger partial charge in [0.1, 0.15) is 5.58 Å². The molecule has 84 valence electrons. The van der Waals surface area contributed by atoms with Gasteiger partial charge in [0.2, 0.25) is 5.76 Å². The van der Waals surface area contributed by atoms with Crippen LogP contribution >= 0.6 is 0 Å². The second-order valence-electron chi connectivity index (χ2n) is 4.03. The van der Waals surface area contributed by atoms with Crippen LogP contribution in [0.1, 0.15) is 35.9 Å². The number of hydrogen-bond donors (Lipinski definition) is 0. The van der Waals surface area contributed by atoms with Crippen LogP contribution in [0.25, 0.3) is 11.0 Å². The molecule has 0 fully saturated rings. The van der Waals surface area contributed by atoms with Crippen LogP contribution in [0.15, 0.2) is 22.6 Å². The number of carbonyl (C=O) groups excluding carboxylic acids is 1. The molecule has 1 aromatic heterocycles. The maximum absolute atomic E-state index is 10.8. The minimum absolute atomic E-state index is 0.249. The van der Waals surface area contributed by atoms with Crippen LogP contribution in [0.3, 0.4) is 0 Å². The van der Waals surface area contributed by atoms with Crippen molar-refractivity contribution in [3.63, 3.8) is 0 Å². The molecule has 1 aromatic carbocycles. The highest BCUT2D eigenvalue weighted by Crippen LogP contribution is 2.33. The molecule has 0 amide bonds. The zero-order chi connectivity index (χ0) is 11.7. The second kappa shape index (κ2) is 4.00. The Bertz CT molecular complexity index is 523. The quantitative estimate of drug-likeness (QED) is 0.741. The van der Waals surface area contributed by atoms with E-state index in [-0.39, 0.29) is 5.76 Å². The molecule has 0 N–H and O–H groups in total. The molecule has 0 bridgehead atoms. The maximum Gasteiger partial charge on any atom is 0.209 e. The van der Waals surface area contributed by atoms with Crippen LogP contribution in [0, 0.1) is 0 Å². The summed E-state index contributed by atoms with van der Waals surface area (Å²) in [5.74, 6) is 1.20. The number of aldehydes is 1. The average molecular weight is 218 g/mol. The number of fused-ring (bicyclic) bond motifs is 1. The molecule has 0 spiro atoms. The summed E-state index contributed by atoms with van der Waals surface area (Å²) >= 11 is 0. The van der Waals surface area contributed by atoms with Crippen LogP contribution in [-0.2, 0) is 0 Å². The average Bonchev–Trinajstić information content (AvgIpc) is 2.65. The molecule has 2 aromatic rings. The number of rotatable bonds is 3. The third-order valence-electron chi connectivity index (χ3n) is 2.67. The second-order valence-corrected chi connectivity index (χ2v) is 4.03. The van der Waals surface area contributed by atoms with Gasteiger partial charge in [0.15, 0.2) is 12.0 Å². The van der Waals surface area contributed by atoms with Gasteiger partial charge >= 0.3 is 0 Å². The number of carbonyl (C=O) groups is 1. The zero-order valence-electron chi connectivity index (χ0n) is 9.61. The van der Waals surface area contributed by atoms with Gasteiger partial charge in [0.05, 0.1) is 12.5 Å². The fourth-order valence-corrected chi connectivity index (χ4v) is 1.76. The predicted octanol–water partition coefficient (Wildman–Crippen LogP) is 3.38. The summed E-state index contributed by atoms with van der Waals surface area (Å²) in [7, 11) is 1.54. The molecular formula is C13H14O3. The van der Waals surface area contributed by atoms with Gasteiger partial charge in [-0.15, -0.1) is 0 Å². The lowest BCUT2D eigenvalue weighted by Gasteiger charge is -2.04. The van der Waals surface area contributed by atoms with Crippen molar-refractivity contribution in [2.24, 2.45) is 0 Å². The lowest BCUT2D eigenvalue weighted by atomic mass is 10.0. The van der Waals surface area contributed by atoms with Gasteiger partial charge in [-0.2, -0.15) is 0 Å². The highest BCUT2D eigenvalue weighted by Gasteiger charge is 2.15. The van der Waals surface area contributed by atoms with Crippen molar-refractivity contribution < 1.29 is 13.9 Å². The Labute approximate surface area is 94.0 Å². The molecule has 3 nitrogen and oxygen atoms in total. The lowest BCUT2D eigenvalue weighted by molar-refractivity contribution is 0.109. The molecule has 0 atom stereocenters. The molecule has 16 heavy (non-hydrogen) atoms. The van der Waals surface area contributed by atoms with Crippen molar-refractivity contribution in [1.82, 2.24) is 0 Å². The summed E-state index contributed by atoms with van der Waals surface area (Å²) in [4.78, 5) is 10.8. The smallest absolute Gasteiger partial charge is 0.209 e. The standard InChI is InChI=1S/C13H14O3/c1-8(2)9-4-5-11-10(6-9)13(15-3)12(7-14)16-11/h4-8H,1-3H3. The first kappa shape index (κ1) is 10.7. The molecular weight excluding hydrogens is 204 g/mol. The Hall–Kier alpha value is -1.77. The number of furan rings is 1. The topological polar surface area (TPSA) is 39.4 Å². The molecule has 0 aliphatic heterocycles. The van der Waals surface area contributed by atoms with Crippen molar-refractivity contribution in [2.45, 2.75) is 19.8 Å². The first-order valence-electron chi connectivity index (χ1n) is 5.23. The monoisotopic (exact) mass is 218 g/mol. The van der Waals surface area contributed by atoms with Crippen LogP contribution in [0.2, 0.25) is 0 Å². The largest absolute Gasteiger partial charge is 0.492 e. The van der Waals surface area contributed by atoms with Gasteiger partial charge in [-0.3, -0.25) is 4.79 Å². The first-order valence-corrected chi connectivity index (χ1v) is 5.23. The van der Waals surface area contributed by atoms with Gasteiger partial charge in [-0.05, 0) is 23.6 Å². The minimum Gasteiger partial charge on any atom is -0.492 e. The van der Waals surface area contributed by atoms with Crippen molar-refractivity contribution in [1.29, 1.82) is 0 Å². The van der Waals surface area contributed by atoms with E-state index in [4.69, 9.17) is 9.15 Å². The van der Waals surface area contributed by atoms with E-state index in [1.165, 1.54) is 5.56 Å². The van der Waals surface area contributed by atoms with E-state index < -0.39 is 0 Å². The molecule has 0 saturated carbocycles.